The molecular weight excluding hydrogens is 190 g/mol. The van der Waals surface area contributed by atoms with Gasteiger partial charge in [-0.25, -0.2) is 0 Å². The Bertz CT molecular complexity index is 230. The molecule has 2 rings (SSSR count). The molecule has 0 radical (unpaired) electrons. The third kappa shape index (κ3) is 1.93. The van der Waals surface area contributed by atoms with Crippen molar-refractivity contribution in [3.8, 4) is 0 Å². The van der Waals surface area contributed by atoms with Crippen molar-refractivity contribution >= 4 is 0 Å². The summed E-state index contributed by atoms with van der Waals surface area (Å²) in [6.45, 7) is 7.62. The van der Waals surface area contributed by atoms with Crippen LogP contribution < -0.4 is 5.32 Å². The van der Waals surface area contributed by atoms with Gasteiger partial charge in [-0.15, -0.1) is 0 Å². The number of hydrogen-bond donors (Lipinski definition) is 1. The van der Waals surface area contributed by atoms with Gasteiger partial charge in [0.15, 0.2) is 0 Å². The van der Waals surface area contributed by atoms with Crippen molar-refractivity contribution < 1.29 is 9.47 Å². The van der Waals surface area contributed by atoms with Gasteiger partial charge in [-0.2, -0.15) is 0 Å². The van der Waals surface area contributed by atoms with Crippen LogP contribution in [0.3, 0.4) is 0 Å². The van der Waals surface area contributed by atoms with Gasteiger partial charge in [-0.1, -0.05) is 13.8 Å². The molecule has 3 heteroatoms. The van der Waals surface area contributed by atoms with Crippen LogP contribution >= 0.6 is 0 Å². The Hall–Kier alpha value is -0.120. The smallest absolute Gasteiger partial charge is 0.0700 e. The average molecular weight is 213 g/mol. The monoisotopic (exact) mass is 213 g/mol. The highest BCUT2D eigenvalue weighted by Crippen LogP contribution is 2.43. The molecule has 1 saturated heterocycles. The predicted octanol–water partition coefficient (Wildman–Crippen LogP) is 1.57. The Morgan fingerprint density at radius 1 is 1.40 bits per heavy atom. The molecule has 2 aliphatic rings. The van der Waals surface area contributed by atoms with Gasteiger partial charge in [0.05, 0.1) is 12.2 Å². The Balaban J connectivity index is 1.86. The minimum absolute atomic E-state index is 0.261. The largest absolute Gasteiger partial charge is 0.381 e. The van der Waals surface area contributed by atoms with Gasteiger partial charge in [0.25, 0.3) is 0 Å². The highest BCUT2D eigenvalue weighted by molar-refractivity contribution is 5.04. The molecule has 0 aromatic heterocycles. The van der Waals surface area contributed by atoms with Crippen LogP contribution in [0, 0.1) is 5.41 Å². The van der Waals surface area contributed by atoms with Crippen molar-refractivity contribution in [2.24, 2.45) is 5.41 Å². The molecular formula is C12H23NO2. The second-order valence-electron chi connectivity index (χ2n) is 5.47. The minimum Gasteiger partial charge on any atom is -0.381 e. The summed E-state index contributed by atoms with van der Waals surface area (Å²) in [7, 11) is 1.81. The summed E-state index contributed by atoms with van der Waals surface area (Å²) < 4.78 is 11.0. The molecule has 0 aromatic carbocycles. The van der Waals surface area contributed by atoms with Crippen molar-refractivity contribution in [3.05, 3.63) is 0 Å². The van der Waals surface area contributed by atoms with Crippen molar-refractivity contribution in [2.45, 2.75) is 57.9 Å². The first kappa shape index (κ1) is 11.4. The van der Waals surface area contributed by atoms with Crippen LogP contribution in [0.5, 0.6) is 0 Å². The molecule has 0 spiro atoms. The maximum Gasteiger partial charge on any atom is 0.0700 e. The van der Waals surface area contributed by atoms with Gasteiger partial charge >= 0.3 is 0 Å². The highest BCUT2D eigenvalue weighted by atomic mass is 16.5. The lowest BCUT2D eigenvalue weighted by atomic mass is 9.64. The van der Waals surface area contributed by atoms with Crippen LogP contribution in [0.15, 0.2) is 0 Å². The summed E-state index contributed by atoms with van der Waals surface area (Å²) in [5.41, 5.74) is 0.261. The van der Waals surface area contributed by atoms with Crippen molar-refractivity contribution in [1.82, 2.24) is 5.32 Å². The zero-order valence-corrected chi connectivity index (χ0v) is 10.2. The highest BCUT2D eigenvalue weighted by Gasteiger charge is 2.49. The van der Waals surface area contributed by atoms with Crippen LogP contribution in [0.1, 0.15) is 33.6 Å². The zero-order chi connectivity index (χ0) is 11.1. The molecule has 1 aliphatic carbocycles. The van der Waals surface area contributed by atoms with Gasteiger partial charge in [0, 0.05) is 31.2 Å². The fraction of sp³-hybridized carbons (Fsp3) is 1.00. The van der Waals surface area contributed by atoms with E-state index in [1.54, 1.807) is 0 Å². The van der Waals surface area contributed by atoms with E-state index in [4.69, 9.17) is 9.47 Å². The van der Waals surface area contributed by atoms with E-state index in [0.717, 1.165) is 19.4 Å². The van der Waals surface area contributed by atoms with Gasteiger partial charge in [0.2, 0.25) is 0 Å². The van der Waals surface area contributed by atoms with Gasteiger partial charge in [-0.3, -0.25) is 0 Å². The normalized spacial score (nSPS) is 44.0. The number of nitrogens with one attached hydrogen (secondary N) is 1. The number of hydrogen-bond acceptors (Lipinski definition) is 3. The molecule has 0 aromatic rings. The van der Waals surface area contributed by atoms with Crippen molar-refractivity contribution in [1.29, 1.82) is 0 Å². The summed E-state index contributed by atoms with van der Waals surface area (Å²) in [4.78, 5) is 0. The second-order valence-corrected chi connectivity index (χ2v) is 5.47. The SMILES string of the molecule is COC1CC(NC2CCOC2C)C1(C)C. The quantitative estimate of drug-likeness (QED) is 0.772. The summed E-state index contributed by atoms with van der Waals surface area (Å²) in [5.74, 6) is 0. The molecule has 4 atom stereocenters. The molecule has 1 heterocycles. The number of ether oxygens (including phenoxy) is 2. The zero-order valence-electron chi connectivity index (χ0n) is 10.2. The Morgan fingerprint density at radius 3 is 2.60 bits per heavy atom. The third-order valence-corrected chi connectivity index (χ3v) is 4.25. The average Bonchev–Trinajstić information content (AvgIpc) is 2.58. The van der Waals surface area contributed by atoms with E-state index in [-0.39, 0.29) is 5.41 Å². The van der Waals surface area contributed by atoms with Crippen LogP contribution in [0.25, 0.3) is 0 Å². The molecule has 1 saturated carbocycles. The summed E-state index contributed by atoms with van der Waals surface area (Å²) in [6, 6.07) is 1.11. The molecule has 4 unspecified atom stereocenters. The van der Waals surface area contributed by atoms with Gasteiger partial charge < -0.3 is 14.8 Å². The van der Waals surface area contributed by atoms with E-state index in [1.807, 2.05) is 7.11 Å². The van der Waals surface area contributed by atoms with E-state index < -0.39 is 0 Å². The molecule has 2 fully saturated rings. The number of methoxy groups -OCH3 is 1. The summed E-state index contributed by atoms with van der Waals surface area (Å²) >= 11 is 0. The van der Waals surface area contributed by atoms with E-state index in [1.165, 1.54) is 0 Å². The first-order chi connectivity index (χ1) is 7.05. The third-order valence-electron chi connectivity index (χ3n) is 4.25. The predicted molar refractivity (Wildman–Crippen MR) is 59.9 cm³/mol. The van der Waals surface area contributed by atoms with Crippen LogP contribution in [0.2, 0.25) is 0 Å². The molecule has 0 bridgehead atoms. The lowest BCUT2D eigenvalue weighted by Gasteiger charge is -2.52. The Labute approximate surface area is 92.5 Å². The first-order valence-corrected chi connectivity index (χ1v) is 5.96. The van der Waals surface area contributed by atoms with E-state index in [9.17, 15) is 0 Å². The molecule has 1 N–H and O–H groups in total. The molecule has 15 heavy (non-hydrogen) atoms. The van der Waals surface area contributed by atoms with Crippen LogP contribution in [0.4, 0.5) is 0 Å². The molecule has 0 amide bonds. The van der Waals surface area contributed by atoms with Crippen LogP contribution in [-0.2, 0) is 9.47 Å². The Kier molecular flexibility index (Phi) is 3.06. The van der Waals surface area contributed by atoms with E-state index in [0.29, 0.717) is 24.3 Å². The van der Waals surface area contributed by atoms with E-state index >= 15 is 0 Å². The molecule has 3 nitrogen and oxygen atoms in total. The second kappa shape index (κ2) is 4.04. The lowest BCUT2D eigenvalue weighted by Crippen LogP contribution is -2.63. The van der Waals surface area contributed by atoms with Gasteiger partial charge in [-0.05, 0) is 19.8 Å². The van der Waals surface area contributed by atoms with Crippen LogP contribution in [-0.4, -0.2) is 38.0 Å². The molecule has 88 valence electrons. The summed E-state index contributed by atoms with van der Waals surface area (Å²) in [5, 5.41) is 3.71. The first-order valence-electron chi connectivity index (χ1n) is 5.96. The maximum absolute atomic E-state index is 5.56. The number of rotatable bonds is 3. The fourth-order valence-corrected chi connectivity index (χ4v) is 2.78. The Morgan fingerprint density at radius 2 is 2.13 bits per heavy atom. The fourth-order valence-electron chi connectivity index (χ4n) is 2.78. The van der Waals surface area contributed by atoms with E-state index in [2.05, 4.69) is 26.1 Å². The summed E-state index contributed by atoms with van der Waals surface area (Å²) in [6.07, 6.45) is 3.05. The topological polar surface area (TPSA) is 30.5 Å². The maximum atomic E-state index is 5.56. The minimum atomic E-state index is 0.261. The van der Waals surface area contributed by atoms with Crippen molar-refractivity contribution in [2.75, 3.05) is 13.7 Å². The van der Waals surface area contributed by atoms with Gasteiger partial charge in [0.1, 0.15) is 0 Å². The molecule has 1 aliphatic heterocycles. The van der Waals surface area contributed by atoms with Crippen molar-refractivity contribution in [3.63, 3.8) is 0 Å². The lowest BCUT2D eigenvalue weighted by molar-refractivity contribution is -0.102. The standard InChI is InChI=1S/C12H23NO2/c1-8-9(5-6-15-8)13-10-7-11(14-4)12(10,2)3/h8-11,13H,5-7H2,1-4H3.